The molecule has 2 rings (SSSR count). The van der Waals surface area contributed by atoms with Crippen molar-refractivity contribution in [1.82, 2.24) is 20.1 Å². The van der Waals surface area contributed by atoms with Gasteiger partial charge in [-0.15, -0.1) is 10.2 Å². The van der Waals surface area contributed by atoms with E-state index in [1.165, 1.54) is 6.26 Å². The first-order valence-corrected chi connectivity index (χ1v) is 8.71. The molecule has 0 aliphatic rings. The molecule has 0 bridgehead atoms. The zero-order valence-electron chi connectivity index (χ0n) is 12.4. The van der Waals surface area contributed by atoms with Gasteiger partial charge in [0.25, 0.3) is 0 Å². The van der Waals surface area contributed by atoms with E-state index in [0.717, 1.165) is 17.9 Å². The van der Waals surface area contributed by atoms with Crippen LogP contribution in [0.25, 0.3) is 0 Å². The molecule has 6 nitrogen and oxygen atoms in total. The van der Waals surface area contributed by atoms with Crippen LogP contribution < -0.4 is 5.32 Å². The van der Waals surface area contributed by atoms with Gasteiger partial charge in [0, 0.05) is 18.8 Å². The molecule has 0 amide bonds. The molecular formula is C14H20N4O2S. The third-order valence-corrected chi connectivity index (χ3v) is 4.54. The van der Waals surface area contributed by atoms with Gasteiger partial charge in [0.1, 0.15) is 12.2 Å². The second-order valence-corrected chi connectivity index (χ2v) is 6.99. The maximum absolute atomic E-state index is 11.4. The van der Waals surface area contributed by atoms with Crippen molar-refractivity contribution in [2.24, 2.45) is 0 Å². The smallest absolute Gasteiger partial charge is 0.175 e. The molecule has 1 aromatic heterocycles. The van der Waals surface area contributed by atoms with E-state index in [2.05, 4.69) is 15.5 Å². The quantitative estimate of drug-likeness (QED) is 0.876. The summed E-state index contributed by atoms with van der Waals surface area (Å²) in [6, 6.07) is 7.03. The molecule has 2 aromatic rings. The number of rotatable bonds is 6. The molecular weight excluding hydrogens is 288 g/mol. The van der Waals surface area contributed by atoms with Crippen molar-refractivity contribution in [2.75, 3.05) is 6.26 Å². The lowest BCUT2D eigenvalue weighted by Gasteiger charge is -2.14. The topological polar surface area (TPSA) is 76.9 Å². The molecule has 0 aliphatic carbocycles. The Bertz CT molecular complexity index is 692. The molecule has 7 heteroatoms. The largest absolute Gasteiger partial charge is 0.317 e. The predicted octanol–water partition coefficient (Wildman–Crippen LogP) is 1.55. The van der Waals surface area contributed by atoms with Crippen molar-refractivity contribution in [3.8, 4) is 0 Å². The normalized spacial score (nSPS) is 13.3. The van der Waals surface area contributed by atoms with Crippen LogP contribution in [0.3, 0.4) is 0 Å². The number of sulfone groups is 1. The molecule has 0 saturated heterocycles. The fourth-order valence-corrected chi connectivity index (χ4v) is 2.68. The molecule has 1 unspecified atom stereocenters. The summed E-state index contributed by atoms with van der Waals surface area (Å²) in [6.07, 6.45) is 2.92. The fraction of sp³-hybridized carbons (Fsp3) is 0.429. The number of aromatic nitrogens is 3. The lowest BCUT2D eigenvalue weighted by atomic mass is 10.1. The minimum absolute atomic E-state index is 0.0978. The Hall–Kier alpha value is -1.73. The Morgan fingerprint density at radius 3 is 2.52 bits per heavy atom. The molecule has 0 aliphatic heterocycles. The Labute approximate surface area is 125 Å². The second-order valence-electron chi connectivity index (χ2n) is 4.98. The molecule has 0 spiro atoms. The zero-order chi connectivity index (χ0) is 15.5. The summed E-state index contributed by atoms with van der Waals surface area (Å²) in [6.45, 7) is 5.52. The van der Waals surface area contributed by atoms with Crippen LogP contribution in [0.4, 0.5) is 0 Å². The highest BCUT2D eigenvalue weighted by molar-refractivity contribution is 7.90. The number of hydrogen-bond donors (Lipinski definition) is 1. The maximum atomic E-state index is 11.4. The second kappa shape index (κ2) is 6.36. The summed E-state index contributed by atoms with van der Waals surface area (Å²) < 4.78 is 24.8. The van der Waals surface area contributed by atoms with Gasteiger partial charge >= 0.3 is 0 Å². The van der Waals surface area contributed by atoms with Crippen molar-refractivity contribution in [3.63, 3.8) is 0 Å². The highest BCUT2D eigenvalue weighted by atomic mass is 32.2. The Morgan fingerprint density at radius 2 is 1.95 bits per heavy atom. The lowest BCUT2D eigenvalue weighted by molar-refractivity contribution is 0.539. The first-order valence-electron chi connectivity index (χ1n) is 6.82. The standard InChI is InChI=1S/C14H20N4O2S/c1-4-18-10-16-17-14(18)9-15-11(2)12-5-7-13(8-6-12)21(3,19)20/h5-8,10-11,15H,4,9H2,1-3H3. The summed E-state index contributed by atoms with van der Waals surface area (Å²) in [5, 5.41) is 11.3. The van der Waals surface area contributed by atoms with Crippen molar-refractivity contribution in [2.45, 2.75) is 37.9 Å². The molecule has 0 fully saturated rings. The highest BCUT2D eigenvalue weighted by Crippen LogP contribution is 2.16. The van der Waals surface area contributed by atoms with Gasteiger partial charge in [0.15, 0.2) is 9.84 Å². The molecule has 1 aromatic carbocycles. The van der Waals surface area contributed by atoms with Gasteiger partial charge in [0.05, 0.1) is 11.4 Å². The molecule has 21 heavy (non-hydrogen) atoms. The van der Waals surface area contributed by atoms with Crippen LogP contribution in [0.1, 0.15) is 31.3 Å². The van der Waals surface area contributed by atoms with E-state index in [9.17, 15) is 8.42 Å². The number of aryl methyl sites for hydroxylation is 1. The predicted molar refractivity (Wildman–Crippen MR) is 80.5 cm³/mol. The fourth-order valence-electron chi connectivity index (χ4n) is 2.05. The van der Waals surface area contributed by atoms with Crippen LogP contribution in [-0.2, 0) is 22.9 Å². The lowest BCUT2D eigenvalue weighted by Crippen LogP contribution is -2.20. The first kappa shape index (κ1) is 15.7. The average Bonchev–Trinajstić information content (AvgIpc) is 2.91. The minimum atomic E-state index is -3.14. The number of benzene rings is 1. The van der Waals surface area contributed by atoms with Crippen LogP contribution in [0.2, 0.25) is 0 Å². The van der Waals surface area contributed by atoms with Gasteiger partial charge < -0.3 is 9.88 Å². The van der Waals surface area contributed by atoms with Gasteiger partial charge in [-0.1, -0.05) is 12.1 Å². The van der Waals surface area contributed by atoms with E-state index in [4.69, 9.17) is 0 Å². The number of hydrogen-bond acceptors (Lipinski definition) is 5. The van der Waals surface area contributed by atoms with E-state index in [1.807, 2.05) is 30.5 Å². The van der Waals surface area contributed by atoms with E-state index in [-0.39, 0.29) is 6.04 Å². The van der Waals surface area contributed by atoms with Gasteiger partial charge in [-0.05, 0) is 31.5 Å². The Balaban J connectivity index is 2.02. The van der Waals surface area contributed by atoms with Gasteiger partial charge in [0.2, 0.25) is 0 Å². The molecule has 1 atom stereocenters. The summed E-state index contributed by atoms with van der Waals surface area (Å²) in [4.78, 5) is 0.337. The monoisotopic (exact) mass is 308 g/mol. The third kappa shape index (κ3) is 3.89. The van der Waals surface area contributed by atoms with Crippen molar-refractivity contribution >= 4 is 9.84 Å². The first-order chi connectivity index (χ1) is 9.91. The molecule has 114 valence electrons. The minimum Gasteiger partial charge on any atom is -0.317 e. The van der Waals surface area contributed by atoms with Gasteiger partial charge in [-0.3, -0.25) is 0 Å². The van der Waals surface area contributed by atoms with E-state index in [1.54, 1.807) is 18.5 Å². The Morgan fingerprint density at radius 1 is 1.29 bits per heavy atom. The SMILES string of the molecule is CCn1cnnc1CNC(C)c1ccc(S(C)(=O)=O)cc1. The van der Waals surface area contributed by atoms with Crippen molar-refractivity contribution < 1.29 is 8.42 Å². The van der Waals surface area contributed by atoms with Crippen LogP contribution >= 0.6 is 0 Å². The van der Waals surface area contributed by atoms with Crippen LogP contribution in [0, 0.1) is 0 Å². The Kier molecular flexibility index (Phi) is 4.74. The highest BCUT2D eigenvalue weighted by Gasteiger charge is 2.10. The molecule has 1 heterocycles. The maximum Gasteiger partial charge on any atom is 0.175 e. The van der Waals surface area contributed by atoms with E-state index < -0.39 is 9.84 Å². The van der Waals surface area contributed by atoms with Crippen LogP contribution in [0.5, 0.6) is 0 Å². The summed E-state index contributed by atoms with van der Waals surface area (Å²) in [5.41, 5.74) is 1.03. The van der Waals surface area contributed by atoms with Gasteiger partial charge in [-0.25, -0.2) is 8.42 Å². The molecule has 0 saturated carbocycles. The zero-order valence-corrected chi connectivity index (χ0v) is 13.3. The van der Waals surface area contributed by atoms with E-state index >= 15 is 0 Å². The average molecular weight is 308 g/mol. The van der Waals surface area contributed by atoms with Gasteiger partial charge in [-0.2, -0.15) is 0 Å². The van der Waals surface area contributed by atoms with Crippen molar-refractivity contribution in [3.05, 3.63) is 42.0 Å². The molecule has 0 radical (unpaired) electrons. The third-order valence-electron chi connectivity index (χ3n) is 3.41. The number of nitrogens with one attached hydrogen (secondary N) is 1. The summed E-state index contributed by atoms with van der Waals surface area (Å²) in [5.74, 6) is 0.886. The number of nitrogens with zero attached hydrogens (tertiary/aromatic N) is 3. The molecule has 1 N–H and O–H groups in total. The summed E-state index contributed by atoms with van der Waals surface area (Å²) >= 11 is 0. The van der Waals surface area contributed by atoms with E-state index in [0.29, 0.717) is 11.4 Å². The van der Waals surface area contributed by atoms with Crippen LogP contribution in [0.15, 0.2) is 35.5 Å². The van der Waals surface area contributed by atoms with Crippen molar-refractivity contribution in [1.29, 1.82) is 0 Å². The summed E-state index contributed by atoms with van der Waals surface area (Å²) in [7, 11) is -3.14. The van der Waals surface area contributed by atoms with Crippen LogP contribution in [-0.4, -0.2) is 29.4 Å².